The van der Waals surface area contributed by atoms with E-state index in [1.54, 1.807) is 19.2 Å². The Bertz CT molecular complexity index is 502. The van der Waals surface area contributed by atoms with Gasteiger partial charge in [0.2, 0.25) is 10.0 Å². The standard InChI is InChI=1S/C11H19N3O3S/c1-8(7-17-2)6-14-9-3-4-11(10(12)5-9)18(13,15)16/h3-5,8,14H,6-7,12H2,1-2H3,(H2,13,15,16). The molecule has 0 amide bonds. The number of hydrogen-bond donors (Lipinski definition) is 3. The molecule has 5 N–H and O–H groups in total. The van der Waals surface area contributed by atoms with Crippen LogP contribution in [0.15, 0.2) is 23.1 Å². The molecule has 6 nitrogen and oxygen atoms in total. The van der Waals surface area contributed by atoms with Crippen LogP contribution >= 0.6 is 0 Å². The zero-order valence-electron chi connectivity index (χ0n) is 10.5. The molecule has 1 atom stereocenters. The van der Waals surface area contributed by atoms with Gasteiger partial charge < -0.3 is 15.8 Å². The zero-order chi connectivity index (χ0) is 13.8. The summed E-state index contributed by atoms with van der Waals surface area (Å²) < 4.78 is 27.4. The maximum atomic E-state index is 11.2. The number of ether oxygens (including phenoxy) is 1. The second-order valence-electron chi connectivity index (χ2n) is 4.24. The summed E-state index contributed by atoms with van der Waals surface area (Å²) >= 11 is 0. The first-order valence-electron chi connectivity index (χ1n) is 5.49. The van der Waals surface area contributed by atoms with Crippen LogP contribution in [0.1, 0.15) is 6.92 Å². The molecular formula is C11H19N3O3S. The number of nitrogen functional groups attached to an aromatic ring is 1. The summed E-state index contributed by atoms with van der Waals surface area (Å²) in [6.07, 6.45) is 0. The Morgan fingerprint density at radius 3 is 2.61 bits per heavy atom. The molecule has 0 fully saturated rings. The number of nitrogens with one attached hydrogen (secondary N) is 1. The molecule has 0 aliphatic rings. The summed E-state index contributed by atoms with van der Waals surface area (Å²) in [5.74, 6) is 0.342. The number of hydrogen-bond acceptors (Lipinski definition) is 5. The molecule has 102 valence electrons. The molecule has 0 aromatic heterocycles. The molecule has 7 heteroatoms. The predicted octanol–water partition coefficient (Wildman–Crippen LogP) is 0.611. The second-order valence-corrected chi connectivity index (χ2v) is 5.77. The summed E-state index contributed by atoms with van der Waals surface area (Å²) in [5.41, 5.74) is 6.54. The smallest absolute Gasteiger partial charge is 0.240 e. The molecule has 0 radical (unpaired) electrons. The zero-order valence-corrected chi connectivity index (χ0v) is 11.3. The maximum absolute atomic E-state index is 11.2. The highest BCUT2D eigenvalue weighted by molar-refractivity contribution is 7.89. The van der Waals surface area contributed by atoms with Gasteiger partial charge in [-0.05, 0) is 24.1 Å². The van der Waals surface area contributed by atoms with Gasteiger partial charge in [-0.3, -0.25) is 0 Å². The van der Waals surface area contributed by atoms with Crippen LogP contribution in [0, 0.1) is 5.92 Å². The van der Waals surface area contributed by atoms with E-state index in [4.69, 9.17) is 15.6 Å². The summed E-state index contributed by atoms with van der Waals surface area (Å²) in [6.45, 7) is 3.40. The minimum Gasteiger partial charge on any atom is -0.398 e. The quantitative estimate of drug-likeness (QED) is 0.658. The third-order valence-corrected chi connectivity index (χ3v) is 3.41. The molecule has 1 aromatic carbocycles. The van der Waals surface area contributed by atoms with E-state index in [1.165, 1.54) is 6.07 Å². The van der Waals surface area contributed by atoms with Gasteiger partial charge in [-0.25, -0.2) is 13.6 Å². The van der Waals surface area contributed by atoms with Gasteiger partial charge in [0.25, 0.3) is 0 Å². The Labute approximate surface area is 107 Å². The van der Waals surface area contributed by atoms with Gasteiger partial charge in [-0.2, -0.15) is 0 Å². The Hall–Kier alpha value is -1.31. The molecule has 0 saturated carbocycles. The first-order valence-corrected chi connectivity index (χ1v) is 7.04. The third-order valence-electron chi connectivity index (χ3n) is 2.42. The fourth-order valence-corrected chi connectivity index (χ4v) is 2.20. The predicted molar refractivity (Wildman–Crippen MR) is 71.8 cm³/mol. The number of benzene rings is 1. The van der Waals surface area contributed by atoms with E-state index in [9.17, 15) is 8.42 Å². The van der Waals surface area contributed by atoms with Gasteiger partial charge in [0.1, 0.15) is 4.90 Å². The van der Waals surface area contributed by atoms with E-state index in [2.05, 4.69) is 5.32 Å². The molecule has 1 aromatic rings. The molecule has 0 aliphatic carbocycles. The number of methoxy groups -OCH3 is 1. The third kappa shape index (κ3) is 4.17. The highest BCUT2D eigenvalue weighted by atomic mass is 32.2. The van der Waals surface area contributed by atoms with Crippen molar-refractivity contribution in [1.82, 2.24) is 0 Å². The monoisotopic (exact) mass is 273 g/mol. The van der Waals surface area contributed by atoms with Gasteiger partial charge in [0.15, 0.2) is 0 Å². The summed E-state index contributed by atoms with van der Waals surface area (Å²) in [7, 11) is -2.11. The van der Waals surface area contributed by atoms with Gasteiger partial charge in [-0.15, -0.1) is 0 Å². The van der Waals surface area contributed by atoms with E-state index in [0.717, 1.165) is 5.69 Å². The van der Waals surface area contributed by atoms with Crippen molar-refractivity contribution in [2.45, 2.75) is 11.8 Å². The van der Waals surface area contributed by atoms with Crippen LogP contribution in [0.4, 0.5) is 11.4 Å². The number of nitrogens with two attached hydrogens (primary N) is 2. The fraction of sp³-hybridized carbons (Fsp3) is 0.455. The highest BCUT2D eigenvalue weighted by Gasteiger charge is 2.12. The van der Waals surface area contributed by atoms with Crippen molar-refractivity contribution in [2.75, 3.05) is 31.3 Å². The second kappa shape index (κ2) is 6.03. The van der Waals surface area contributed by atoms with Crippen LogP contribution in [0.25, 0.3) is 0 Å². The molecule has 0 heterocycles. The summed E-state index contributed by atoms with van der Waals surface area (Å²) in [4.78, 5) is -0.0574. The number of rotatable bonds is 6. The molecular weight excluding hydrogens is 254 g/mol. The van der Waals surface area contributed by atoms with E-state index in [0.29, 0.717) is 19.1 Å². The van der Waals surface area contributed by atoms with Crippen molar-refractivity contribution in [1.29, 1.82) is 0 Å². The van der Waals surface area contributed by atoms with Crippen molar-refractivity contribution in [2.24, 2.45) is 11.1 Å². The lowest BCUT2D eigenvalue weighted by atomic mass is 10.2. The fourth-order valence-electron chi connectivity index (χ4n) is 1.55. The molecule has 0 spiro atoms. The Balaban J connectivity index is 2.74. The molecule has 0 aliphatic heterocycles. The van der Waals surface area contributed by atoms with Crippen LogP contribution in [0.3, 0.4) is 0 Å². The van der Waals surface area contributed by atoms with E-state index in [1.807, 2.05) is 6.92 Å². The average molecular weight is 273 g/mol. The largest absolute Gasteiger partial charge is 0.398 e. The van der Waals surface area contributed by atoms with E-state index < -0.39 is 10.0 Å². The van der Waals surface area contributed by atoms with Crippen LogP contribution in [0.2, 0.25) is 0 Å². The Morgan fingerprint density at radius 1 is 1.44 bits per heavy atom. The topological polar surface area (TPSA) is 107 Å². The van der Waals surface area contributed by atoms with E-state index >= 15 is 0 Å². The lowest BCUT2D eigenvalue weighted by Crippen LogP contribution is -2.17. The number of anilines is 2. The van der Waals surface area contributed by atoms with Gasteiger partial charge in [-0.1, -0.05) is 6.92 Å². The maximum Gasteiger partial charge on any atom is 0.240 e. The van der Waals surface area contributed by atoms with Gasteiger partial charge in [0, 0.05) is 19.3 Å². The number of sulfonamides is 1. The van der Waals surface area contributed by atoms with Crippen LogP contribution in [0.5, 0.6) is 0 Å². The van der Waals surface area contributed by atoms with Crippen molar-refractivity contribution in [3.63, 3.8) is 0 Å². The highest BCUT2D eigenvalue weighted by Crippen LogP contribution is 2.21. The molecule has 0 saturated heterocycles. The first-order chi connectivity index (χ1) is 8.34. The number of primary sulfonamides is 1. The minimum atomic E-state index is -3.76. The van der Waals surface area contributed by atoms with Crippen LogP contribution in [-0.4, -0.2) is 28.7 Å². The molecule has 1 rings (SSSR count). The van der Waals surface area contributed by atoms with Crippen LogP contribution < -0.4 is 16.2 Å². The van der Waals surface area contributed by atoms with Gasteiger partial charge in [0.05, 0.1) is 12.3 Å². The lowest BCUT2D eigenvalue weighted by molar-refractivity contribution is 0.164. The molecule has 1 unspecified atom stereocenters. The average Bonchev–Trinajstić information content (AvgIpc) is 2.25. The van der Waals surface area contributed by atoms with Crippen molar-refractivity contribution in [3.05, 3.63) is 18.2 Å². The summed E-state index contributed by atoms with van der Waals surface area (Å²) in [5, 5.41) is 8.18. The Kier molecular flexibility index (Phi) is 4.94. The van der Waals surface area contributed by atoms with Gasteiger partial charge >= 0.3 is 0 Å². The van der Waals surface area contributed by atoms with Crippen molar-refractivity contribution < 1.29 is 13.2 Å². The first kappa shape index (κ1) is 14.7. The van der Waals surface area contributed by atoms with Crippen molar-refractivity contribution >= 4 is 21.4 Å². The lowest BCUT2D eigenvalue weighted by Gasteiger charge is -2.13. The minimum absolute atomic E-state index is 0.0574. The van der Waals surface area contributed by atoms with Crippen molar-refractivity contribution in [3.8, 4) is 0 Å². The van der Waals surface area contributed by atoms with E-state index in [-0.39, 0.29) is 10.6 Å². The normalized spacial score (nSPS) is 13.3. The Morgan fingerprint density at radius 2 is 2.11 bits per heavy atom. The molecule has 0 bridgehead atoms. The summed E-state index contributed by atoms with van der Waals surface area (Å²) in [6, 6.07) is 4.59. The SMILES string of the molecule is COCC(C)CNc1ccc(S(N)(=O)=O)c(N)c1. The molecule has 18 heavy (non-hydrogen) atoms. The van der Waals surface area contributed by atoms with Crippen LogP contribution in [-0.2, 0) is 14.8 Å².